The van der Waals surface area contributed by atoms with E-state index >= 15 is 0 Å². The number of aryl methyl sites for hydroxylation is 2. The minimum Gasteiger partial charge on any atom is -0.491 e. The Labute approximate surface area is 224 Å². The molecular weight excluding hydrogens is 474 g/mol. The molecule has 6 heteroatoms. The molecule has 38 heavy (non-hydrogen) atoms. The standard InChI is InChI=1S/C32H33N3O3/c1-4-5-13-31-30(20-24-14-16-25(17-15-24)29-12-7-6-9-26(29)22-33)32(36)35(23(2)34-31)27-10-8-11-28(21-27)38-19-18-37-3/h6-12,14-17,21H,4-5,13,18-20H2,1-3H3. The van der Waals surface area contributed by atoms with E-state index in [-0.39, 0.29) is 5.56 Å². The van der Waals surface area contributed by atoms with E-state index in [9.17, 15) is 10.1 Å². The number of hydrogen-bond donors (Lipinski definition) is 0. The molecule has 4 rings (SSSR count). The molecule has 0 aliphatic heterocycles. The number of aromatic nitrogens is 2. The van der Waals surface area contributed by atoms with E-state index in [2.05, 4.69) is 13.0 Å². The molecule has 0 bridgehead atoms. The average Bonchev–Trinajstić information content (AvgIpc) is 2.94. The summed E-state index contributed by atoms with van der Waals surface area (Å²) in [4.78, 5) is 18.9. The van der Waals surface area contributed by atoms with Crippen LogP contribution < -0.4 is 10.3 Å². The van der Waals surface area contributed by atoms with Gasteiger partial charge in [0.25, 0.3) is 5.56 Å². The van der Waals surface area contributed by atoms with Crippen molar-refractivity contribution in [2.75, 3.05) is 20.3 Å². The van der Waals surface area contributed by atoms with Crippen LogP contribution in [0.2, 0.25) is 0 Å². The molecule has 0 spiro atoms. The number of ether oxygens (including phenoxy) is 2. The Kier molecular flexibility index (Phi) is 9.07. The normalized spacial score (nSPS) is 10.8. The van der Waals surface area contributed by atoms with Gasteiger partial charge in [-0.3, -0.25) is 9.36 Å². The van der Waals surface area contributed by atoms with Gasteiger partial charge in [0.1, 0.15) is 18.2 Å². The molecule has 1 aromatic heterocycles. The fraction of sp³-hybridized carbons (Fsp3) is 0.281. The molecule has 194 valence electrons. The highest BCUT2D eigenvalue weighted by Gasteiger charge is 2.17. The van der Waals surface area contributed by atoms with Crippen LogP contribution in [0.15, 0.2) is 77.6 Å². The van der Waals surface area contributed by atoms with Gasteiger partial charge in [0, 0.05) is 25.2 Å². The van der Waals surface area contributed by atoms with Gasteiger partial charge in [0.05, 0.1) is 29.6 Å². The van der Waals surface area contributed by atoms with Crippen LogP contribution in [0.25, 0.3) is 16.8 Å². The Balaban J connectivity index is 1.70. The first-order valence-electron chi connectivity index (χ1n) is 13.0. The van der Waals surface area contributed by atoms with E-state index in [0.717, 1.165) is 47.3 Å². The first-order chi connectivity index (χ1) is 18.5. The summed E-state index contributed by atoms with van der Waals surface area (Å²) in [6.07, 6.45) is 3.23. The summed E-state index contributed by atoms with van der Waals surface area (Å²) in [7, 11) is 1.63. The Bertz CT molecular complexity index is 1480. The minimum absolute atomic E-state index is 0.0588. The molecule has 0 aliphatic carbocycles. The van der Waals surface area contributed by atoms with Crippen LogP contribution in [-0.2, 0) is 17.6 Å². The number of methoxy groups -OCH3 is 1. The van der Waals surface area contributed by atoms with Gasteiger partial charge in [-0.1, -0.05) is 61.9 Å². The van der Waals surface area contributed by atoms with Crippen molar-refractivity contribution in [3.63, 3.8) is 0 Å². The summed E-state index contributed by atoms with van der Waals surface area (Å²) in [6, 6.07) is 25.4. The van der Waals surface area contributed by atoms with Crippen molar-refractivity contribution in [1.29, 1.82) is 5.26 Å². The molecule has 3 aromatic carbocycles. The van der Waals surface area contributed by atoms with E-state index in [4.69, 9.17) is 14.5 Å². The van der Waals surface area contributed by atoms with Crippen LogP contribution in [0.3, 0.4) is 0 Å². The maximum atomic E-state index is 13.9. The third-order valence-electron chi connectivity index (χ3n) is 6.52. The second-order valence-corrected chi connectivity index (χ2v) is 9.20. The van der Waals surface area contributed by atoms with Crippen LogP contribution in [0.5, 0.6) is 5.75 Å². The Morgan fingerprint density at radius 2 is 1.79 bits per heavy atom. The van der Waals surface area contributed by atoms with Gasteiger partial charge in [-0.15, -0.1) is 0 Å². The molecule has 0 saturated heterocycles. The topological polar surface area (TPSA) is 77.1 Å². The van der Waals surface area contributed by atoms with E-state index in [0.29, 0.717) is 42.3 Å². The highest BCUT2D eigenvalue weighted by atomic mass is 16.5. The molecule has 4 aromatic rings. The summed E-state index contributed by atoms with van der Waals surface area (Å²) in [6.45, 7) is 4.94. The van der Waals surface area contributed by atoms with Gasteiger partial charge in [-0.25, -0.2) is 4.98 Å². The SMILES string of the molecule is CCCCc1nc(C)n(-c2cccc(OCCOC)c2)c(=O)c1Cc1ccc(-c2ccccc2C#N)cc1. The lowest BCUT2D eigenvalue weighted by atomic mass is 9.96. The van der Waals surface area contributed by atoms with Crippen molar-refractivity contribution in [2.24, 2.45) is 0 Å². The monoisotopic (exact) mass is 507 g/mol. The predicted octanol–water partition coefficient (Wildman–Crippen LogP) is 6.04. The molecule has 0 aliphatic rings. The number of nitriles is 1. The zero-order chi connectivity index (χ0) is 26.9. The van der Waals surface area contributed by atoms with Crippen molar-refractivity contribution in [2.45, 2.75) is 39.5 Å². The van der Waals surface area contributed by atoms with Gasteiger partial charge < -0.3 is 9.47 Å². The molecule has 0 fully saturated rings. The first kappa shape index (κ1) is 26.8. The van der Waals surface area contributed by atoms with Gasteiger partial charge >= 0.3 is 0 Å². The van der Waals surface area contributed by atoms with Crippen molar-refractivity contribution in [3.05, 3.63) is 111 Å². The number of rotatable bonds is 11. The minimum atomic E-state index is -0.0588. The van der Waals surface area contributed by atoms with E-state index in [1.165, 1.54) is 0 Å². The number of hydrogen-bond acceptors (Lipinski definition) is 5. The predicted molar refractivity (Wildman–Crippen MR) is 150 cm³/mol. The van der Waals surface area contributed by atoms with E-state index < -0.39 is 0 Å². The lowest BCUT2D eigenvalue weighted by Crippen LogP contribution is -2.28. The summed E-state index contributed by atoms with van der Waals surface area (Å²) in [5, 5.41) is 9.47. The number of benzene rings is 3. The van der Waals surface area contributed by atoms with Crippen molar-refractivity contribution >= 4 is 0 Å². The largest absolute Gasteiger partial charge is 0.491 e. The molecule has 0 N–H and O–H groups in total. The van der Waals surface area contributed by atoms with Crippen LogP contribution in [0.1, 0.15) is 48.0 Å². The molecule has 1 heterocycles. The number of unbranched alkanes of at least 4 members (excludes halogenated alkanes) is 1. The summed E-state index contributed by atoms with van der Waals surface area (Å²) in [5.74, 6) is 1.33. The molecule has 0 amide bonds. The second-order valence-electron chi connectivity index (χ2n) is 9.20. The van der Waals surface area contributed by atoms with Crippen LogP contribution in [0, 0.1) is 18.3 Å². The third-order valence-corrected chi connectivity index (χ3v) is 6.52. The molecule has 0 saturated carbocycles. The van der Waals surface area contributed by atoms with E-state index in [1.807, 2.05) is 79.7 Å². The molecule has 0 radical (unpaired) electrons. The molecule has 0 atom stereocenters. The maximum Gasteiger partial charge on any atom is 0.261 e. The van der Waals surface area contributed by atoms with Gasteiger partial charge in [-0.05, 0) is 54.7 Å². The highest BCUT2D eigenvalue weighted by Crippen LogP contribution is 2.25. The van der Waals surface area contributed by atoms with Crippen LogP contribution >= 0.6 is 0 Å². The smallest absolute Gasteiger partial charge is 0.261 e. The van der Waals surface area contributed by atoms with Gasteiger partial charge in [0.2, 0.25) is 0 Å². The summed E-state index contributed by atoms with van der Waals surface area (Å²) >= 11 is 0. The lowest BCUT2D eigenvalue weighted by molar-refractivity contribution is 0.146. The maximum absolute atomic E-state index is 13.9. The summed E-state index contributed by atoms with van der Waals surface area (Å²) < 4.78 is 12.5. The Hall–Kier alpha value is -4.21. The second kappa shape index (κ2) is 12.8. The van der Waals surface area contributed by atoms with Crippen molar-refractivity contribution in [3.8, 4) is 28.6 Å². The fourth-order valence-corrected chi connectivity index (χ4v) is 4.54. The Morgan fingerprint density at radius 1 is 1.00 bits per heavy atom. The van der Waals surface area contributed by atoms with Gasteiger partial charge in [-0.2, -0.15) is 5.26 Å². The van der Waals surface area contributed by atoms with Crippen LogP contribution in [0.4, 0.5) is 0 Å². The average molecular weight is 508 g/mol. The zero-order valence-electron chi connectivity index (χ0n) is 22.2. The molecule has 6 nitrogen and oxygen atoms in total. The highest BCUT2D eigenvalue weighted by molar-refractivity contribution is 5.70. The quantitative estimate of drug-likeness (QED) is 0.231. The summed E-state index contributed by atoms with van der Waals surface area (Å²) in [5.41, 5.74) is 5.77. The van der Waals surface area contributed by atoms with Crippen LogP contribution in [-0.4, -0.2) is 29.9 Å². The van der Waals surface area contributed by atoms with Crippen molar-refractivity contribution < 1.29 is 9.47 Å². The van der Waals surface area contributed by atoms with Crippen molar-refractivity contribution in [1.82, 2.24) is 9.55 Å². The van der Waals surface area contributed by atoms with Gasteiger partial charge in [0.15, 0.2) is 0 Å². The molecular formula is C32H33N3O3. The van der Waals surface area contributed by atoms with E-state index in [1.54, 1.807) is 11.7 Å². The lowest BCUT2D eigenvalue weighted by Gasteiger charge is -2.16. The third kappa shape index (κ3) is 6.19. The zero-order valence-corrected chi connectivity index (χ0v) is 22.2. The Morgan fingerprint density at radius 3 is 2.53 bits per heavy atom. The molecule has 0 unspecified atom stereocenters. The fourth-order valence-electron chi connectivity index (χ4n) is 4.54. The first-order valence-corrected chi connectivity index (χ1v) is 13.0. The number of nitrogens with zero attached hydrogens (tertiary/aromatic N) is 3.